The molecule has 0 aliphatic carbocycles. The largest absolute Gasteiger partial charge is 0.383 e. The van der Waals surface area contributed by atoms with E-state index in [9.17, 15) is 4.79 Å². The third kappa shape index (κ3) is 4.06. The average molecular weight is 196 g/mol. The van der Waals surface area contributed by atoms with Crippen molar-refractivity contribution in [2.24, 2.45) is 5.92 Å². The molecule has 0 aromatic carbocycles. The molecule has 0 aromatic heterocycles. The Morgan fingerprint density at radius 1 is 1.79 bits per heavy atom. The number of amides is 1. The fourth-order valence-corrected chi connectivity index (χ4v) is 0.978. The lowest BCUT2D eigenvalue weighted by molar-refractivity contribution is -0.133. The van der Waals surface area contributed by atoms with Gasteiger partial charge in [0.15, 0.2) is 0 Å². The Hall–Kier alpha value is -1.34. The second-order valence-electron chi connectivity index (χ2n) is 2.92. The number of hydrogen-bond donors (Lipinski definition) is 0. The first-order chi connectivity index (χ1) is 6.67. The Bertz CT molecular complexity index is 233. The molecule has 78 valence electrons. The minimum Gasteiger partial charge on any atom is -0.383 e. The summed E-state index contributed by atoms with van der Waals surface area (Å²) in [6, 6.07) is 1.91. The van der Waals surface area contributed by atoms with Crippen LogP contribution in [0.3, 0.4) is 0 Å². The third-order valence-electron chi connectivity index (χ3n) is 1.79. The molecule has 0 saturated carbocycles. The highest BCUT2D eigenvalue weighted by Gasteiger charge is 2.18. The van der Waals surface area contributed by atoms with Crippen molar-refractivity contribution in [2.45, 2.75) is 6.92 Å². The first-order valence-corrected chi connectivity index (χ1v) is 4.45. The molecule has 4 heteroatoms. The van der Waals surface area contributed by atoms with Crippen molar-refractivity contribution in [3.63, 3.8) is 0 Å². The van der Waals surface area contributed by atoms with Gasteiger partial charge in [0.05, 0.1) is 12.7 Å². The molecule has 0 aliphatic heterocycles. The zero-order valence-electron chi connectivity index (χ0n) is 8.69. The van der Waals surface area contributed by atoms with Crippen molar-refractivity contribution in [3.8, 4) is 6.07 Å². The van der Waals surface area contributed by atoms with Crippen LogP contribution in [0, 0.1) is 17.2 Å². The summed E-state index contributed by atoms with van der Waals surface area (Å²) in [4.78, 5) is 13.1. The molecule has 0 aromatic rings. The first kappa shape index (κ1) is 12.7. The van der Waals surface area contributed by atoms with Gasteiger partial charge in [0, 0.05) is 20.2 Å². The number of rotatable bonds is 6. The number of nitrogens with zero attached hydrogens (tertiary/aromatic N) is 2. The van der Waals surface area contributed by atoms with Gasteiger partial charge in [0.25, 0.3) is 0 Å². The average Bonchev–Trinajstić information content (AvgIpc) is 2.22. The van der Waals surface area contributed by atoms with Crippen molar-refractivity contribution in [1.82, 2.24) is 4.90 Å². The van der Waals surface area contributed by atoms with E-state index in [1.165, 1.54) is 0 Å². The van der Waals surface area contributed by atoms with Crippen molar-refractivity contribution < 1.29 is 9.53 Å². The van der Waals surface area contributed by atoms with E-state index in [2.05, 4.69) is 6.58 Å². The van der Waals surface area contributed by atoms with Gasteiger partial charge in [0.1, 0.15) is 5.92 Å². The molecule has 0 heterocycles. The smallest absolute Gasteiger partial charge is 0.239 e. The van der Waals surface area contributed by atoms with Crippen LogP contribution >= 0.6 is 0 Å². The van der Waals surface area contributed by atoms with Crippen LogP contribution in [0.2, 0.25) is 0 Å². The number of hydrogen-bond acceptors (Lipinski definition) is 3. The van der Waals surface area contributed by atoms with Crippen LogP contribution in [0.15, 0.2) is 12.7 Å². The van der Waals surface area contributed by atoms with E-state index in [0.717, 1.165) is 0 Å². The maximum absolute atomic E-state index is 11.6. The number of nitriles is 1. The lowest BCUT2D eigenvalue weighted by Crippen LogP contribution is -2.37. The minimum absolute atomic E-state index is 0.176. The minimum atomic E-state index is -0.605. The Kier molecular flexibility index (Phi) is 6.42. The van der Waals surface area contributed by atoms with Crippen molar-refractivity contribution >= 4 is 5.91 Å². The predicted molar refractivity (Wildman–Crippen MR) is 53.4 cm³/mol. The molecule has 4 nitrogen and oxygen atoms in total. The van der Waals surface area contributed by atoms with Gasteiger partial charge in [-0.15, -0.1) is 6.58 Å². The highest BCUT2D eigenvalue weighted by molar-refractivity contribution is 5.80. The molecule has 0 radical (unpaired) electrons. The van der Waals surface area contributed by atoms with Crippen LogP contribution in [0.1, 0.15) is 6.92 Å². The SMILES string of the molecule is C=CCN(CCOC)C(=O)C(C)C#N. The summed E-state index contributed by atoms with van der Waals surface area (Å²) in [7, 11) is 1.57. The maximum Gasteiger partial charge on any atom is 0.239 e. The Morgan fingerprint density at radius 2 is 2.43 bits per heavy atom. The Morgan fingerprint density at radius 3 is 2.86 bits per heavy atom. The fourth-order valence-electron chi connectivity index (χ4n) is 0.978. The molecule has 0 N–H and O–H groups in total. The van der Waals surface area contributed by atoms with Gasteiger partial charge in [-0.3, -0.25) is 4.79 Å². The molecular formula is C10H16N2O2. The molecule has 1 amide bonds. The van der Waals surface area contributed by atoms with Gasteiger partial charge in [-0.25, -0.2) is 0 Å². The number of carbonyl (C=O) groups is 1. The molecule has 0 bridgehead atoms. The van der Waals surface area contributed by atoms with E-state index in [1.54, 1.807) is 25.0 Å². The quantitative estimate of drug-likeness (QED) is 0.591. The number of carbonyl (C=O) groups excluding carboxylic acids is 1. The van der Waals surface area contributed by atoms with Gasteiger partial charge in [-0.2, -0.15) is 5.26 Å². The third-order valence-corrected chi connectivity index (χ3v) is 1.79. The van der Waals surface area contributed by atoms with Crippen LogP contribution in [0.4, 0.5) is 0 Å². The summed E-state index contributed by atoms with van der Waals surface area (Å²) < 4.78 is 4.87. The van der Waals surface area contributed by atoms with E-state index < -0.39 is 5.92 Å². The van der Waals surface area contributed by atoms with Gasteiger partial charge < -0.3 is 9.64 Å². The van der Waals surface area contributed by atoms with E-state index in [0.29, 0.717) is 19.7 Å². The summed E-state index contributed by atoms with van der Waals surface area (Å²) in [5.74, 6) is -0.781. The lowest BCUT2D eigenvalue weighted by atomic mass is 10.2. The monoisotopic (exact) mass is 196 g/mol. The van der Waals surface area contributed by atoms with Crippen molar-refractivity contribution in [1.29, 1.82) is 5.26 Å². The van der Waals surface area contributed by atoms with Crippen LogP contribution < -0.4 is 0 Å². The summed E-state index contributed by atoms with van der Waals surface area (Å²) in [5.41, 5.74) is 0. The summed E-state index contributed by atoms with van der Waals surface area (Å²) >= 11 is 0. The van der Waals surface area contributed by atoms with Crippen LogP contribution in [0.5, 0.6) is 0 Å². The lowest BCUT2D eigenvalue weighted by Gasteiger charge is -2.21. The standard InChI is InChI=1S/C10H16N2O2/c1-4-5-12(6-7-14-3)10(13)9(2)8-11/h4,9H,1,5-7H2,2-3H3. The molecular weight excluding hydrogens is 180 g/mol. The summed E-state index contributed by atoms with van der Waals surface area (Å²) in [5, 5.41) is 8.59. The highest BCUT2D eigenvalue weighted by Crippen LogP contribution is 2.01. The van der Waals surface area contributed by atoms with Crippen LogP contribution in [-0.4, -0.2) is 37.6 Å². The highest BCUT2D eigenvalue weighted by atomic mass is 16.5. The van der Waals surface area contributed by atoms with E-state index >= 15 is 0 Å². The molecule has 1 unspecified atom stereocenters. The second-order valence-corrected chi connectivity index (χ2v) is 2.92. The Balaban J connectivity index is 4.25. The van der Waals surface area contributed by atoms with Crippen molar-refractivity contribution in [3.05, 3.63) is 12.7 Å². The zero-order chi connectivity index (χ0) is 11.0. The van der Waals surface area contributed by atoms with Gasteiger partial charge in [0.2, 0.25) is 5.91 Å². The van der Waals surface area contributed by atoms with E-state index in [4.69, 9.17) is 10.00 Å². The molecule has 0 spiro atoms. The predicted octanol–water partition coefficient (Wildman–Crippen LogP) is 0.807. The van der Waals surface area contributed by atoms with E-state index in [1.807, 2.05) is 6.07 Å². The Labute approximate surface area is 84.8 Å². The summed E-state index contributed by atoms with van der Waals surface area (Å²) in [6.45, 7) is 6.56. The van der Waals surface area contributed by atoms with Gasteiger partial charge in [-0.1, -0.05) is 6.08 Å². The molecule has 0 saturated heterocycles. The van der Waals surface area contributed by atoms with Crippen molar-refractivity contribution in [2.75, 3.05) is 26.8 Å². The first-order valence-electron chi connectivity index (χ1n) is 4.45. The van der Waals surface area contributed by atoms with Gasteiger partial charge in [-0.05, 0) is 6.92 Å². The second kappa shape index (κ2) is 7.10. The topological polar surface area (TPSA) is 53.3 Å². The summed E-state index contributed by atoms with van der Waals surface area (Å²) in [6.07, 6.45) is 1.64. The fraction of sp³-hybridized carbons (Fsp3) is 0.600. The maximum atomic E-state index is 11.6. The normalized spacial score (nSPS) is 11.5. The van der Waals surface area contributed by atoms with Crippen LogP contribution in [-0.2, 0) is 9.53 Å². The molecule has 0 fully saturated rings. The molecule has 1 atom stereocenters. The van der Waals surface area contributed by atoms with E-state index in [-0.39, 0.29) is 5.91 Å². The number of ether oxygens (including phenoxy) is 1. The molecule has 14 heavy (non-hydrogen) atoms. The molecule has 0 aliphatic rings. The molecule has 0 rings (SSSR count). The number of methoxy groups -OCH3 is 1. The van der Waals surface area contributed by atoms with Gasteiger partial charge >= 0.3 is 0 Å². The zero-order valence-corrected chi connectivity index (χ0v) is 8.69. The van der Waals surface area contributed by atoms with Crippen LogP contribution in [0.25, 0.3) is 0 Å².